The zero-order valence-corrected chi connectivity index (χ0v) is 10.6. The van der Waals surface area contributed by atoms with Gasteiger partial charge in [0.2, 0.25) is 0 Å². The molecule has 1 aliphatic heterocycles. The monoisotopic (exact) mass is 228 g/mol. The Morgan fingerprint density at radius 1 is 1.44 bits per heavy atom. The van der Waals surface area contributed by atoms with Crippen LogP contribution >= 0.6 is 0 Å². The molecule has 1 unspecified atom stereocenters. The van der Waals surface area contributed by atoms with Crippen molar-refractivity contribution in [1.82, 2.24) is 10.2 Å². The van der Waals surface area contributed by atoms with Crippen LogP contribution in [-0.4, -0.2) is 48.7 Å². The highest BCUT2D eigenvalue weighted by Gasteiger charge is 2.23. The van der Waals surface area contributed by atoms with Crippen molar-refractivity contribution in [2.45, 2.75) is 32.7 Å². The molecule has 1 rings (SSSR count). The van der Waals surface area contributed by atoms with Crippen LogP contribution in [0.3, 0.4) is 0 Å². The smallest absolute Gasteiger partial charge is 0.320 e. The molecule has 1 aliphatic rings. The van der Waals surface area contributed by atoms with Crippen LogP contribution in [-0.2, 0) is 4.79 Å². The molecular weight excluding hydrogens is 204 g/mol. The summed E-state index contributed by atoms with van der Waals surface area (Å²) in [7, 11) is 2.14. The van der Waals surface area contributed by atoms with Gasteiger partial charge < -0.3 is 15.3 Å². The summed E-state index contributed by atoms with van der Waals surface area (Å²) in [5, 5.41) is 12.2. The van der Waals surface area contributed by atoms with Gasteiger partial charge in [0.1, 0.15) is 6.04 Å². The van der Waals surface area contributed by atoms with E-state index in [4.69, 9.17) is 5.11 Å². The second-order valence-electron chi connectivity index (χ2n) is 5.21. The van der Waals surface area contributed by atoms with E-state index < -0.39 is 12.0 Å². The van der Waals surface area contributed by atoms with Gasteiger partial charge in [-0.15, -0.1) is 0 Å². The van der Waals surface area contributed by atoms with Crippen molar-refractivity contribution in [2.75, 3.05) is 26.7 Å². The van der Waals surface area contributed by atoms with Crippen LogP contribution in [0.1, 0.15) is 26.7 Å². The minimum atomic E-state index is -0.733. The first-order valence-electron chi connectivity index (χ1n) is 6.15. The van der Waals surface area contributed by atoms with Crippen LogP contribution < -0.4 is 5.32 Å². The topological polar surface area (TPSA) is 52.6 Å². The summed E-state index contributed by atoms with van der Waals surface area (Å²) < 4.78 is 0. The van der Waals surface area contributed by atoms with Gasteiger partial charge in [-0.25, -0.2) is 0 Å². The number of carbonyl (C=O) groups is 1. The SMILES string of the molecule is CC(C)C(NCC1CCN(C)CC1)C(=O)O. The van der Waals surface area contributed by atoms with Crippen molar-refractivity contribution in [1.29, 1.82) is 0 Å². The van der Waals surface area contributed by atoms with E-state index in [0.29, 0.717) is 5.92 Å². The fraction of sp³-hybridized carbons (Fsp3) is 0.917. The van der Waals surface area contributed by atoms with Crippen molar-refractivity contribution in [2.24, 2.45) is 11.8 Å². The highest BCUT2D eigenvalue weighted by molar-refractivity contribution is 5.73. The van der Waals surface area contributed by atoms with E-state index in [1.54, 1.807) is 0 Å². The number of rotatable bonds is 5. The summed E-state index contributed by atoms with van der Waals surface area (Å²) in [5.74, 6) is 0.0449. The number of nitrogens with zero attached hydrogens (tertiary/aromatic N) is 1. The van der Waals surface area contributed by atoms with E-state index in [1.807, 2.05) is 13.8 Å². The molecule has 0 aromatic rings. The van der Waals surface area contributed by atoms with E-state index in [9.17, 15) is 4.79 Å². The average molecular weight is 228 g/mol. The van der Waals surface area contributed by atoms with Crippen LogP contribution in [0.15, 0.2) is 0 Å². The van der Waals surface area contributed by atoms with Crippen molar-refractivity contribution < 1.29 is 9.90 Å². The number of nitrogens with one attached hydrogen (secondary N) is 1. The van der Waals surface area contributed by atoms with Gasteiger partial charge in [-0.1, -0.05) is 13.8 Å². The van der Waals surface area contributed by atoms with Crippen molar-refractivity contribution in [3.8, 4) is 0 Å². The molecule has 0 aliphatic carbocycles. The standard InChI is InChI=1S/C12H24N2O2/c1-9(2)11(12(15)16)13-8-10-4-6-14(3)7-5-10/h9-11,13H,4-8H2,1-3H3,(H,15,16). The van der Waals surface area contributed by atoms with Gasteiger partial charge in [0.05, 0.1) is 0 Å². The van der Waals surface area contributed by atoms with Crippen LogP contribution in [0.4, 0.5) is 0 Å². The van der Waals surface area contributed by atoms with Gasteiger partial charge in [-0.05, 0) is 51.4 Å². The lowest BCUT2D eigenvalue weighted by molar-refractivity contribution is -0.140. The first-order valence-corrected chi connectivity index (χ1v) is 6.15. The Kier molecular flexibility index (Phi) is 5.22. The van der Waals surface area contributed by atoms with Gasteiger partial charge in [0.15, 0.2) is 0 Å². The Bertz CT molecular complexity index is 223. The molecule has 0 radical (unpaired) electrons. The Balaban J connectivity index is 2.29. The number of carboxylic acid groups (broad SMARTS) is 1. The number of carboxylic acids is 1. The van der Waals surface area contributed by atoms with Gasteiger partial charge in [0, 0.05) is 0 Å². The Labute approximate surface area is 98.0 Å². The quantitative estimate of drug-likeness (QED) is 0.738. The Morgan fingerprint density at radius 3 is 2.44 bits per heavy atom. The summed E-state index contributed by atoms with van der Waals surface area (Å²) in [5.41, 5.74) is 0. The molecule has 0 bridgehead atoms. The lowest BCUT2D eigenvalue weighted by Gasteiger charge is -2.30. The number of hydrogen-bond acceptors (Lipinski definition) is 3. The van der Waals surface area contributed by atoms with Crippen LogP contribution in [0.2, 0.25) is 0 Å². The maximum Gasteiger partial charge on any atom is 0.320 e. The summed E-state index contributed by atoms with van der Waals surface area (Å²) >= 11 is 0. The molecule has 0 aromatic carbocycles. The minimum absolute atomic E-state index is 0.142. The molecule has 0 spiro atoms. The fourth-order valence-corrected chi connectivity index (χ4v) is 2.17. The molecule has 0 saturated carbocycles. The first kappa shape index (κ1) is 13.5. The van der Waals surface area contributed by atoms with Gasteiger partial charge in [-0.3, -0.25) is 4.79 Å². The van der Waals surface area contributed by atoms with E-state index >= 15 is 0 Å². The Hall–Kier alpha value is -0.610. The number of piperidine rings is 1. The number of likely N-dealkylation sites (tertiary alicyclic amines) is 1. The number of aliphatic carboxylic acids is 1. The highest BCUT2D eigenvalue weighted by atomic mass is 16.4. The van der Waals surface area contributed by atoms with E-state index in [0.717, 1.165) is 19.6 Å². The molecule has 1 saturated heterocycles. The summed E-state index contributed by atoms with van der Waals surface area (Å²) in [6.07, 6.45) is 2.35. The molecule has 4 heteroatoms. The third-order valence-electron chi connectivity index (χ3n) is 3.40. The second kappa shape index (κ2) is 6.21. The summed E-state index contributed by atoms with van der Waals surface area (Å²) in [4.78, 5) is 13.3. The van der Waals surface area contributed by atoms with Gasteiger partial charge in [0.25, 0.3) is 0 Å². The predicted octanol–water partition coefficient (Wildman–Crippen LogP) is 1.03. The van der Waals surface area contributed by atoms with Crippen molar-refractivity contribution in [3.63, 3.8) is 0 Å². The molecule has 94 valence electrons. The minimum Gasteiger partial charge on any atom is -0.480 e. The van der Waals surface area contributed by atoms with Crippen LogP contribution in [0, 0.1) is 11.8 Å². The molecular formula is C12H24N2O2. The highest BCUT2D eigenvalue weighted by Crippen LogP contribution is 2.15. The maximum absolute atomic E-state index is 11.0. The molecule has 2 N–H and O–H groups in total. The normalized spacial score (nSPS) is 21.2. The van der Waals surface area contributed by atoms with Crippen LogP contribution in [0.25, 0.3) is 0 Å². The van der Waals surface area contributed by atoms with Gasteiger partial charge in [-0.2, -0.15) is 0 Å². The van der Waals surface area contributed by atoms with E-state index in [1.165, 1.54) is 12.8 Å². The Morgan fingerprint density at radius 2 is 2.00 bits per heavy atom. The van der Waals surface area contributed by atoms with E-state index in [2.05, 4.69) is 17.3 Å². The summed E-state index contributed by atoms with van der Waals surface area (Å²) in [6, 6.07) is -0.403. The fourth-order valence-electron chi connectivity index (χ4n) is 2.17. The zero-order valence-electron chi connectivity index (χ0n) is 10.6. The number of hydrogen-bond donors (Lipinski definition) is 2. The average Bonchev–Trinajstić information content (AvgIpc) is 2.20. The van der Waals surface area contributed by atoms with Crippen LogP contribution in [0.5, 0.6) is 0 Å². The largest absolute Gasteiger partial charge is 0.480 e. The van der Waals surface area contributed by atoms with Crippen molar-refractivity contribution in [3.05, 3.63) is 0 Å². The lowest BCUT2D eigenvalue weighted by atomic mass is 9.96. The lowest BCUT2D eigenvalue weighted by Crippen LogP contribution is -2.44. The molecule has 0 amide bonds. The molecule has 16 heavy (non-hydrogen) atoms. The summed E-state index contributed by atoms with van der Waals surface area (Å²) in [6.45, 7) is 6.99. The molecule has 1 atom stereocenters. The zero-order chi connectivity index (χ0) is 12.1. The maximum atomic E-state index is 11.0. The first-order chi connectivity index (χ1) is 7.50. The van der Waals surface area contributed by atoms with E-state index in [-0.39, 0.29) is 5.92 Å². The predicted molar refractivity (Wildman–Crippen MR) is 64.5 cm³/mol. The molecule has 1 fully saturated rings. The second-order valence-corrected chi connectivity index (χ2v) is 5.21. The third-order valence-corrected chi connectivity index (χ3v) is 3.40. The van der Waals surface area contributed by atoms with Crippen molar-refractivity contribution >= 4 is 5.97 Å². The molecule has 0 aromatic heterocycles. The molecule has 1 heterocycles. The molecule has 4 nitrogen and oxygen atoms in total. The third kappa shape index (κ3) is 4.10. The van der Waals surface area contributed by atoms with Gasteiger partial charge >= 0.3 is 5.97 Å².